The first-order valence-corrected chi connectivity index (χ1v) is 6.58. The lowest BCUT2D eigenvalue weighted by atomic mass is 10.1. The van der Waals surface area contributed by atoms with Crippen LogP contribution in [0.5, 0.6) is 0 Å². The van der Waals surface area contributed by atoms with Gasteiger partial charge in [0.1, 0.15) is 0 Å². The van der Waals surface area contributed by atoms with E-state index in [0.717, 1.165) is 17.8 Å². The molecule has 0 aliphatic heterocycles. The van der Waals surface area contributed by atoms with Gasteiger partial charge >= 0.3 is 5.97 Å². The van der Waals surface area contributed by atoms with Gasteiger partial charge in [0.05, 0.1) is 5.56 Å². The summed E-state index contributed by atoms with van der Waals surface area (Å²) in [7, 11) is 2.02. The number of aryl methyl sites for hydroxylation is 2. The smallest absolute Gasteiger partial charge is 0.335 e. The van der Waals surface area contributed by atoms with Crippen LogP contribution in [-0.4, -0.2) is 18.1 Å². The van der Waals surface area contributed by atoms with Crippen LogP contribution in [0.2, 0.25) is 0 Å². The second-order valence-electron chi connectivity index (χ2n) is 5.15. The predicted octanol–water partition coefficient (Wildman–Crippen LogP) is 3.64. The molecule has 2 aromatic carbocycles. The normalized spacial score (nSPS) is 10.3. The van der Waals surface area contributed by atoms with Gasteiger partial charge in [-0.15, -0.1) is 0 Å². The summed E-state index contributed by atoms with van der Waals surface area (Å²) in [5, 5.41) is 8.99. The molecule has 0 aliphatic rings. The van der Waals surface area contributed by atoms with E-state index in [1.807, 2.05) is 20.0 Å². The molecule has 0 saturated carbocycles. The third-order valence-corrected chi connectivity index (χ3v) is 3.40. The standard InChI is InChI=1S/C17H19NO2/c1-12-4-6-14(7-5-12)11-18(3)16-9-8-15(17(19)20)10-13(16)2/h4-10H,11H2,1-3H3,(H,19,20). The Morgan fingerprint density at radius 1 is 1.10 bits per heavy atom. The minimum Gasteiger partial charge on any atom is -0.478 e. The molecule has 0 fully saturated rings. The maximum Gasteiger partial charge on any atom is 0.335 e. The fourth-order valence-electron chi connectivity index (χ4n) is 2.27. The van der Waals surface area contributed by atoms with Crippen molar-refractivity contribution in [3.05, 3.63) is 64.7 Å². The molecule has 2 aromatic rings. The van der Waals surface area contributed by atoms with Crippen molar-refractivity contribution in [2.75, 3.05) is 11.9 Å². The Hall–Kier alpha value is -2.29. The predicted molar refractivity (Wildman–Crippen MR) is 81.4 cm³/mol. The highest BCUT2D eigenvalue weighted by Crippen LogP contribution is 2.22. The number of aromatic carboxylic acids is 1. The van der Waals surface area contributed by atoms with E-state index >= 15 is 0 Å². The molecule has 2 rings (SSSR count). The van der Waals surface area contributed by atoms with Gasteiger partial charge in [0.25, 0.3) is 0 Å². The van der Waals surface area contributed by atoms with Crippen LogP contribution in [0, 0.1) is 13.8 Å². The van der Waals surface area contributed by atoms with Crippen LogP contribution in [0.25, 0.3) is 0 Å². The van der Waals surface area contributed by atoms with Gasteiger partial charge in [0.15, 0.2) is 0 Å². The van der Waals surface area contributed by atoms with Crippen molar-refractivity contribution in [3.8, 4) is 0 Å². The van der Waals surface area contributed by atoms with Crippen LogP contribution in [0.1, 0.15) is 27.0 Å². The molecule has 3 nitrogen and oxygen atoms in total. The first-order valence-electron chi connectivity index (χ1n) is 6.58. The number of nitrogens with zero attached hydrogens (tertiary/aromatic N) is 1. The van der Waals surface area contributed by atoms with E-state index in [2.05, 4.69) is 36.1 Å². The Balaban J connectivity index is 2.18. The van der Waals surface area contributed by atoms with Gasteiger partial charge in [-0.25, -0.2) is 4.79 Å². The number of carbonyl (C=O) groups is 1. The van der Waals surface area contributed by atoms with Gasteiger partial charge in [0, 0.05) is 19.3 Å². The summed E-state index contributed by atoms with van der Waals surface area (Å²) in [5.74, 6) is -0.888. The lowest BCUT2D eigenvalue weighted by Crippen LogP contribution is -2.17. The number of anilines is 1. The highest BCUT2D eigenvalue weighted by Gasteiger charge is 2.09. The van der Waals surface area contributed by atoms with Crippen molar-refractivity contribution in [1.29, 1.82) is 0 Å². The molecule has 0 radical (unpaired) electrons. The van der Waals surface area contributed by atoms with Gasteiger partial charge < -0.3 is 10.0 Å². The minimum absolute atomic E-state index is 0.329. The third-order valence-electron chi connectivity index (χ3n) is 3.40. The average Bonchev–Trinajstić information content (AvgIpc) is 2.41. The van der Waals surface area contributed by atoms with Crippen LogP contribution < -0.4 is 4.90 Å². The number of hydrogen-bond donors (Lipinski definition) is 1. The molecule has 20 heavy (non-hydrogen) atoms. The molecule has 3 heteroatoms. The number of rotatable bonds is 4. The summed E-state index contributed by atoms with van der Waals surface area (Å²) in [5.41, 5.74) is 4.84. The van der Waals surface area contributed by atoms with E-state index in [-0.39, 0.29) is 0 Å². The number of hydrogen-bond acceptors (Lipinski definition) is 2. The van der Waals surface area contributed by atoms with E-state index < -0.39 is 5.97 Å². The van der Waals surface area contributed by atoms with Crippen molar-refractivity contribution in [1.82, 2.24) is 0 Å². The average molecular weight is 269 g/mol. The van der Waals surface area contributed by atoms with E-state index in [0.29, 0.717) is 5.56 Å². The van der Waals surface area contributed by atoms with Crippen molar-refractivity contribution in [3.63, 3.8) is 0 Å². The van der Waals surface area contributed by atoms with Gasteiger partial charge in [-0.1, -0.05) is 29.8 Å². The van der Waals surface area contributed by atoms with E-state index in [9.17, 15) is 4.79 Å². The molecule has 1 N–H and O–H groups in total. The molecular weight excluding hydrogens is 250 g/mol. The van der Waals surface area contributed by atoms with Gasteiger partial charge in [-0.3, -0.25) is 0 Å². The number of carboxylic acid groups (broad SMARTS) is 1. The first kappa shape index (κ1) is 14.1. The second kappa shape index (κ2) is 5.78. The Morgan fingerprint density at radius 2 is 1.75 bits per heavy atom. The van der Waals surface area contributed by atoms with Gasteiger partial charge in [0.2, 0.25) is 0 Å². The van der Waals surface area contributed by atoms with Crippen LogP contribution in [0.3, 0.4) is 0 Å². The van der Waals surface area contributed by atoms with E-state index in [1.54, 1.807) is 12.1 Å². The summed E-state index contributed by atoms with van der Waals surface area (Å²) in [6, 6.07) is 13.7. The maximum absolute atomic E-state index is 10.9. The summed E-state index contributed by atoms with van der Waals surface area (Å²) in [4.78, 5) is 13.1. The zero-order valence-electron chi connectivity index (χ0n) is 12.1. The lowest BCUT2D eigenvalue weighted by molar-refractivity contribution is 0.0697. The highest BCUT2D eigenvalue weighted by molar-refractivity contribution is 5.88. The quantitative estimate of drug-likeness (QED) is 0.921. The summed E-state index contributed by atoms with van der Waals surface area (Å²) < 4.78 is 0. The van der Waals surface area contributed by atoms with Crippen molar-refractivity contribution >= 4 is 11.7 Å². The summed E-state index contributed by atoms with van der Waals surface area (Å²) in [6.07, 6.45) is 0. The largest absolute Gasteiger partial charge is 0.478 e. The zero-order valence-corrected chi connectivity index (χ0v) is 12.1. The molecule has 0 aromatic heterocycles. The van der Waals surface area contributed by atoms with Crippen molar-refractivity contribution in [2.45, 2.75) is 20.4 Å². The minimum atomic E-state index is -0.888. The Morgan fingerprint density at radius 3 is 2.30 bits per heavy atom. The van der Waals surface area contributed by atoms with Crippen LogP contribution in [0.4, 0.5) is 5.69 Å². The zero-order chi connectivity index (χ0) is 14.7. The molecule has 0 atom stereocenters. The molecule has 0 saturated heterocycles. The van der Waals surface area contributed by atoms with Gasteiger partial charge in [-0.05, 0) is 43.2 Å². The Labute approximate surface area is 119 Å². The molecule has 0 bridgehead atoms. The molecule has 104 valence electrons. The van der Waals surface area contributed by atoms with Crippen LogP contribution in [0.15, 0.2) is 42.5 Å². The molecule has 0 heterocycles. The Kier molecular flexibility index (Phi) is 4.08. The second-order valence-corrected chi connectivity index (χ2v) is 5.15. The molecule has 0 spiro atoms. The fraction of sp³-hybridized carbons (Fsp3) is 0.235. The first-order chi connectivity index (χ1) is 9.47. The van der Waals surface area contributed by atoms with Gasteiger partial charge in [-0.2, -0.15) is 0 Å². The number of benzene rings is 2. The summed E-state index contributed by atoms with van der Waals surface area (Å²) in [6.45, 7) is 4.81. The van der Waals surface area contributed by atoms with E-state index in [1.165, 1.54) is 11.1 Å². The topological polar surface area (TPSA) is 40.5 Å². The maximum atomic E-state index is 10.9. The molecule has 0 amide bonds. The third kappa shape index (κ3) is 3.18. The fourth-order valence-corrected chi connectivity index (χ4v) is 2.27. The SMILES string of the molecule is Cc1ccc(CN(C)c2ccc(C(=O)O)cc2C)cc1. The van der Waals surface area contributed by atoms with Crippen molar-refractivity contribution in [2.24, 2.45) is 0 Å². The Bertz CT molecular complexity index is 617. The lowest BCUT2D eigenvalue weighted by Gasteiger charge is -2.22. The van der Waals surface area contributed by atoms with Crippen LogP contribution >= 0.6 is 0 Å². The van der Waals surface area contributed by atoms with Crippen LogP contribution in [-0.2, 0) is 6.54 Å². The molecular formula is C17H19NO2. The highest BCUT2D eigenvalue weighted by atomic mass is 16.4. The molecule has 0 unspecified atom stereocenters. The number of carboxylic acids is 1. The van der Waals surface area contributed by atoms with Crippen molar-refractivity contribution < 1.29 is 9.90 Å². The monoisotopic (exact) mass is 269 g/mol. The van der Waals surface area contributed by atoms with E-state index in [4.69, 9.17) is 5.11 Å². The summed E-state index contributed by atoms with van der Waals surface area (Å²) >= 11 is 0. The molecule has 0 aliphatic carbocycles.